The Kier molecular flexibility index (Phi) is 2.23. The molecule has 0 saturated carbocycles. The van der Waals surface area contributed by atoms with Crippen LogP contribution in [-0.4, -0.2) is 12.2 Å². The van der Waals surface area contributed by atoms with Gasteiger partial charge in [-0.3, -0.25) is 0 Å². The van der Waals surface area contributed by atoms with Crippen LogP contribution >= 0.6 is 0 Å². The molecule has 0 aromatic carbocycles. The van der Waals surface area contributed by atoms with Crippen molar-refractivity contribution in [3.05, 3.63) is 12.2 Å². The van der Waals surface area contributed by atoms with Crippen molar-refractivity contribution in [3.8, 4) is 0 Å². The van der Waals surface area contributed by atoms with Crippen LogP contribution in [0.5, 0.6) is 0 Å². The Morgan fingerprint density at radius 3 is 1.54 bits per heavy atom. The third-order valence-corrected chi connectivity index (χ3v) is 3.42. The molecule has 0 spiro atoms. The molecule has 0 aromatic rings. The summed E-state index contributed by atoms with van der Waals surface area (Å²) >= 11 is 0. The van der Waals surface area contributed by atoms with Crippen molar-refractivity contribution in [2.24, 2.45) is 23.7 Å². The van der Waals surface area contributed by atoms with Crippen LogP contribution in [0.1, 0.15) is 27.7 Å². The zero-order valence-corrected chi connectivity index (χ0v) is 9.03. The van der Waals surface area contributed by atoms with Crippen molar-refractivity contribution in [1.29, 1.82) is 0 Å². The van der Waals surface area contributed by atoms with Gasteiger partial charge in [0, 0.05) is 11.8 Å². The van der Waals surface area contributed by atoms with Crippen LogP contribution in [0.25, 0.3) is 0 Å². The Labute approximate surface area is 81.2 Å². The number of hydrogen-bond acceptors (Lipinski definition) is 1. The highest BCUT2D eigenvalue weighted by Crippen LogP contribution is 2.45. The van der Waals surface area contributed by atoms with Gasteiger partial charge in [0.15, 0.2) is 0 Å². The lowest BCUT2D eigenvalue weighted by atomic mass is 9.79. The molecule has 1 aliphatic carbocycles. The van der Waals surface area contributed by atoms with E-state index in [1.165, 1.54) is 0 Å². The van der Waals surface area contributed by atoms with Gasteiger partial charge in [-0.1, -0.05) is 39.8 Å². The smallest absolute Gasteiger partial charge is 0.0912 e. The van der Waals surface area contributed by atoms with Crippen LogP contribution in [0.4, 0.5) is 0 Å². The summed E-state index contributed by atoms with van der Waals surface area (Å²) in [7, 11) is 0. The van der Waals surface area contributed by atoms with Gasteiger partial charge in [0.1, 0.15) is 0 Å². The van der Waals surface area contributed by atoms with E-state index in [-0.39, 0.29) is 0 Å². The number of epoxide rings is 1. The molecule has 0 amide bonds. The summed E-state index contributed by atoms with van der Waals surface area (Å²) in [5.74, 6) is 2.78. The van der Waals surface area contributed by atoms with Crippen LogP contribution in [0.15, 0.2) is 12.2 Å². The lowest BCUT2D eigenvalue weighted by Crippen LogP contribution is -2.25. The van der Waals surface area contributed by atoms with E-state index in [0.29, 0.717) is 24.0 Å². The fraction of sp³-hybridized carbons (Fsp3) is 0.833. The molecular formula is C12H20O. The second-order valence-corrected chi connectivity index (χ2v) is 5.09. The average Bonchev–Trinajstić information content (AvgIpc) is 2.79. The minimum absolute atomic E-state index is 0.539. The lowest BCUT2D eigenvalue weighted by Gasteiger charge is -2.23. The highest BCUT2D eigenvalue weighted by molar-refractivity contribution is 5.14. The molecule has 0 aromatic heterocycles. The zero-order valence-electron chi connectivity index (χ0n) is 9.03. The fourth-order valence-corrected chi connectivity index (χ4v) is 2.43. The van der Waals surface area contributed by atoms with E-state index in [9.17, 15) is 0 Å². The lowest BCUT2D eigenvalue weighted by molar-refractivity contribution is 0.291. The van der Waals surface area contributed by atoms with Gasteiger partial charge in [-0.05, 0) is 11.8 Å². The molecule has 0 N–H and O–H groups in total. The van der Waals surface area contributed by atoms with E-state index in [1.807, 2.05) is 0 Å². The van der Waals surface area contributed by atoms with Crippen molar-refractivity contribution < 1.29 is 4.74 Å². The van der Waals surface area contributed by atoms with Gasteiger partial charge in [-0.15, -0.1) is 0 Å². The molecule has 1 saturated heterocycles. The molecule has 4 atom stereocenters. The predicted molar refractivity (Wildman–Crippen MR) is 54.5 cm³/mol. The molecule has 4 unspecified atom stereocenters. The third-order valence-electron chi connectivity index (χ3n) is 3.42. The number of rotatable bonds is 2. The summed E-state index contributed by atoms with van der Waals surface area (Å²) in [5, 5.41) is 0. The Bertz CT molecular complexity index is 195. The highest BCUT2D eigenvalue weighted by atomic mass is 16.6. The van der Waals surface area contributed by atoms with Gasteiger partial charge in [0.25, 0.3) is 0 Å². The van der Waals surface area contributed by atoms with E-state index in [2.05, 4.69) is 39.8 Å². The van der Waals surface area contributed by atoms with Gasteiger partial charge in [0.05, 0.1) is 12.2 Å². The first kappa shape index (κ1) is 9.26. The van der Waals surface area contributed by atoms with E-state index < -0.39 is 0 Å². The average molecular weight is 180 g/mol. The molecule has 13 heavy (non-hydrogen) atoms. The molecule has 2 rings (SSSR count). The normalized spacial score (nSPS) is 42.6. The highest BCUT2D eigenvalue weighted by Gasteiger charge is 2.51. The molecule has 1 heteroatoms. The summed E-state index contributed by atoms with van der Waals surface area (Å²) in [5.41, 5.74) is 0. The van der Waals surface area contributed by atoms with Gasteiger partial charge < -0.3 is 4.74 Å². The summed E-state index contributed by atoms with van der Waals surface area (Å²) in [4.78, 5) is 0. The number of fused-ring (bicyclic) bond motifs is 1. The third kappa shape index (κ3) is 1.54. The molecule has 1 aliphatic heterocycles. The first-order chi connectivity index (χ1) is 6.11. The van der Waals surface area contributed by atoms with Crippen LogP contribution in [0.2, 0.25) is 0 Å². The molecule has 0 radical (unpaired) electrons. The minimum Gasteiger partial charge on any atom is -0.368 e. The van der Waals surface area contributed by atoms with Crippen molar-refractivity contribution in [3.63, 3.8) is 0 Å². The maximum Gasteiger partial charge on any atom is 0.0912 e. The first-order valence-corrected chi connectivity index (χ1v) is 5.45. The number of ether oxygens (including phenoxy) is 1. The summed E-state index contributed by atoms with van der Waals surface area (Å²) in [6.07, 6.45) is 5.84. The maximum atomic E-state index is 5.76. The van der Waals surface area contributed by atoms with Gasteiger partial charge in [-0.2, -0.15) is 0 Å². The SMILES string of the molecule is CC(C)C1C=CC(C(C)C)C2OC12. The summed E-state index contributed by atoms with van der Waals surface area (Å²) < 4.78 is 5.76. The van der Waals surface area contributed by atoms with E-state index in [0.717, 1.165) is 11.8 Å². The zero-order chi connectivity index (χ0) is 9.59. The Balaban J connectivity index is 2.07. The molecule has 1 nitrogen and oxygen atoms in total. The molecule has 2 aliphatic rings. The summed E-state index contributed by atoms with van der Waals surface area (Å²) in [6, 6.07) is 0. The molecular weight excluding hydrogens is 160 g/mol. The van der Waals surface area contributed by atoms with Gasteiger partial charge in [-0.25, -0.2) is 0 Å². The van der Waals surface area contributed by atoms with Crippen LogP contribution in [0, 0.1) is 23.7 Å². The van der Waals surface area contributed by atoms with Crippen molar-refractivity contribution >= 4 is 0 Å². The molecule has 74 valence electrons. The quantitative estimate of drug-likeness (QED) is 0.470. The maximum absolute atomic E-state index is 5.76. The minimum atomic E-state index is 0.539. The first-order valence-electron chi connectivity index (χ1n) is 5.45. The van der Waals surface area contributed by atoms with Crippen molar-refractivity contribution in [2.75, 3.05) is 0 Å². The predicted octanol–water partition coefficient (Wildman–Crippen LogP) is 2.87. The Morgan fingerprint density at radius 2 is 1.23 bits per heavy atom. The van der Waals surface area contributed by atoms with Crippen LogP contribution < -0.4 is 0 Å². The van der Waals surface area contributed by atoms with Crippen molar-refractivity contribution in [1.82, 2.24) is 0 Å². The monoisotopic (exact) mass is 180 g/mol. The Morgan fingerprint density at radius 1 is 0.846 bits per heavy atom. The van der Waals surface area contributed by atoms with Crippen LogP contribution in [0.3, 0.4) is 0 Å². The van der Waals surface area contributed by atoms with E-state index >= 15 is 0 Å². The second kappa shape index (κ2) is 3.13. The standard InChI is InChI=1S/C12H20O/c1-7(2)9-5-6-10(8(3)4)12-11(9)13-12/h5-12H,1-4H3. The molecule has 1 fully saturated rings. The van der Waals surface area contributed by atoms with E-state index in [4.69, 9.17) is 4.74 Å². The summed E-state index contributed by atoms with van der Waals surface area (Å²) in [6.45, 7) is 9.12. The van der Waals surface area contributed by atoms with E-state index in [1.54, 1.807) is 0 Å². The second-order valence-electron chi connectivity index (χ2n) is 5.09. The largest absolute Gasteiger partial charge is 0.368 e. The molecule has 1 heterocycles. The van der Waals surface area contributed by atoms with Crippen LogP contribution in [-0.2, 0) is 4.74 Å². The van der Waals surface area contributed by atoms with Gasteiger partial charge >= 0.3 is 0 Å². The van der Waals surface area contributed by atoms with Gasteiger partial charge in [0.2, 0.25) is 0 Å². The topological polar surface area (TPSA) is 12.5 Å². The fourth-order valence-electron chi connectivity index (χ4n) is 2.43. The number of hydrogen-bond donors (Lipinski definition) is 0. The van der Waals surface area contributed by atoms with Crippen molar-refractivity contribution in [2.45, 2.75) is 39.9 Å². The molecule has 0 bridgehead atoms. The Hall–Kier alpha value is -0.300.